The summed E-state index contributed by atoms with van der Waals surface area (Å²) in [6.07, 6.45) is 8.59. The van der Waals surface area contributed by atoms with Gasteiger partial charge in [-0.2, -0.15) is 0 Å². The largest absolute Gasteiger partial charge is 0.294 e. The summed E-state index contributed by atoms with van der Waals surface area (Å²) >= 11 is 1.68. The summed E-state index contributed by atoms with van der Waals surface area (Å²) in [5.74, 6) is 1.13. The van der Waals surface area contributed by atoms with E-state index in [-0.39, 0.29) is 0 Å². The van der Waals surface area contributed by atoms with Crippen LogP contribution in [-0.4, -0.2) is 5.78 Å². The Morgan fingerprint density at radius 2 is 1.95 bits per heavy atom. The Morgan fingerprint density at radius 1 is 1.16 bits per heavy atom. The van der Waals surface area contributed by atoms with E-state index in [1.807, 2.05) is 17.5 Å². The van der Waals surface area contributed by atoms with Gasteiger partial charge in [-0.15, -0.1) is 11.3 Å². The third-order valence-corrected chi connectivity index (χ3v) is 5.25. The molecule has 0 saturated heterocycles. The minimum absolute atomic E-state index is 0.336. The molecule has 1 nitrogen and oxygen atoms in total. The van der Waals surface area contributed by atoms with Gasteiger partial charge in [0.2, 0.25) is 0 Å². The van der Waals surface area contributed by atoms with E-state index in [4.69, 9.17) is 0 Å². The molecule has 0 bridgehead atoms. The smallest absolute Gasteiger partial charge is 0.164 e. The van der Waals surface area contributed by atoms with Gasteiger partial charge in [0.25, 0.3) is 0 Å². The molecule has 1 aromatic heterocycles. The van der Waals surface area contributed by atoms with E-state index >= 15 is 0 Å². The van der Waals surface area contributed by atoms with Crippen molar-refractivity contribution in [1.29, 1.82) is 0 Å². The van der Waals surface area contributed by atoms with E-state index in [1.54, 1.807) is 11.3 Å². The molecular formula is C17H20OS. The van der Waals surface area contributed by atoms with Crippen molar-refractivity contribution in [2.24, 2.45) is 5.92 Å². The van der Waals surface area contributed by atoms with Crippen LogP contribution in [0.3, 0.4) is 0 Å². The predicted molar refractivity (Wildman–Crippen MR) is 82.0 cm³/mol. The van der Waals surface area contributed by atoms with E-state index in [0.29, 0.717) is 5.78 Å². The van der Waals surface area contributed by atoms with Crippen LogP contribution < -0.4 is 0 Å². The summed E-state index contributed by atoms with van der Waals surface area (Å²) in [6.45, 7) is 0. The van der Waals surface area contributed by atoms with Crippen LogP contribution in [0.15, 0.2) is 29.6 Å². The highest BCUT2D eigenvalue weighted by atomic mass is 32.1. The lowest BCUT2D eigenvalue weighted by Gasteiger charge is -2.20. The maximum absolute atomic E-state index is 12.4. The van der Waals surface area contributed by atoms with Crippen LogP contribution in [0.2, 0.25) is 0 Å². The number of hydrogen-bond donors (Lipinski definition) is 0. The van der Waals surface area contributed by atoms with Gasteiger partial charge in [0.15, 0.2) is 5.78 Å². The number of benzene rings is 1. The molecule has 0 N–H and O–H groups in total. The van der Waals surface area contributed by atoms with Gasteiger partial charge in [-0.25, -0.2) is 0 Å². The van der Waals surface area contributed by atoms with Crippen LogP contribution in [0.4, 0.5) is 0 Å². The zero-order chi connectivity index (χ0) is 13.1. The van der Waals surface area contributed by atoms with Gasteiger partial charge >= 0.3 is 0 Å². The van der Waals surface area contributed by atoms with Crippen molar-refractivity contribution in [2.45, 2.75) is 44.9 Å². The second-order valence-electron chi connectivity index (χ2n) is 5.61. The summed E-state index contributed by atoms with van der Waals surface area (Å²) in [5.41, 5.74) is 0.941. The SMILES string of the molecule is O=C(CCC1CCCCC1)c1csc2ccccc12. The number of ketones is 1. The summed E-state index contributed by atoms with van der Waals surface area (Å²) in [4.78, 5) is 12.4. The molecule has 1 saturated carbocycles. The quantitative estimate of drug-likeness (QED) is 0.677. The van der Waals surface area contributed by atoms with Crippen LogP contribution in [0.25, 0.3) is 10.1 Å². The number of carbonyl (C=O) groups excluding carboxylic acids is 1. The van der Waals surface area contributed by atoms with Crippen LogP contribution in [0.5, 0.6) is 0 Å². The molecule has 0 spiro atoms. The molecule has 1 fully saturated rings. The number of carbonyl (C=O) groups is 1. The van der Waals surface area contributed by atoms with Crippen LogP contribution >= 0.6 is 11.3 Å². The minimum Gasteiger partial charge on any atom is -0.294 e. The van der Waals surface area contributed by atoms with Crippen molar-refractivity contribution in [3.8, 4) is 0 Å². The highest BCUT2D eigenvalue weighted by Crippen LogP contribution is 2.30. The molecule has 19 heavy (non-hydrogen) atoms. The van der Waals surface area contributed by atoms with Crippen LogP contribution in [-0.2, 0) is 0 Å². The highest BCUT2D eigenvalue weighted by molar-refractivity contribution is 7.17. The molecule has 1 aromatic carbocycles. The van der Waals surface area contributed by atoms with Crippen molar-refractivity contribution in [3.63, 3.8) is 0 Å². The van der Waals surface area contributed by atoms with Gasteiger partial charge in [-0.3, -0.25) is 4.79 Å². The monoisotopic (exact) mass is 272 g/mol. The molecule has 100 valence electrons. The van der Waals surface area contributed by atoms with Crippen molar-refractivity contribution in [2.75, 3.05) is 0 Å². The van der Waals surface area contributed by atoms with Gasteiger partial charge in [0.1, 0.15) is 0 Å². The number of hydrogen-bond acceptors (Lipinski definition) is 2. The maximum Gasteiger partial charge on any atom is 0.164 e. The molecule has 2 aromatic rings. The average Bonchev–Trinajstić information content (AvgIpc) is 2.90. The average molecular weight is 272 g/mol. The Balaban J connectivity index is 1.66. The number of thiophene rings is 1. The fourth-order valence-electron chi connectivity index (χ4n) is 3.14. The lowest BCUT2D eigenvalue weighted by molar-refractivity contribution is 0.0972. The Kier molecular flexibility index (Phi) is 3.97. The van der Waals surface area contributed by atoms with E-state index in [9.17, 15) is 4.79 Å². The number of Topliss-reactive ketones (excluding diaryl/α,β-unsaturated/α-hetero) is 1. The van der Waals surface area contributed by atoms with Crippen molar-refractivity contribution < 1.29 is 4.79 Å². The highest BCUT2D eigenvalue weighted by Gasteiger charge is 2.17. The minimum atomic E-state index is 0.336. The van der Waals surface area contributed by atoms with Crippen molar-refractivity contribution >= 4 is 27.2 Å². The van der Waals surface area contributed by atoms with Gasteiger partial charge in [-0.1, -0.05) is 50.3 Å². The first-order valence-corrected chi connectivity index (χ1v) is 8.22. The van der Waals surface area contributed by atoms with Crippen molar-refractivity contribution in [1.82, 2.24) is 0 Å². The van der Waals surface area contributed by atoms with Crippen LogP contribution in [0.1, 0.15) is 55.3 Å². The molecule has 1 aliphatic rings. The third kappa shape index (κ3) is 2.89. The number of fused-ring (bicyclic) bond motifs is 1. The molecular weight excluding hydrogens is 252 g/mol. The third-order valence-electron chi connectivity index (χ3n) is 4.29. The van der Waals surface area contributed by atoms with E-state index < -0.39 is 0 Å². The van der Waals surface area contributed by atoms with E-state index in [2.05, 4.69) is 12.1 Å². The van der Waals surface area contributed by atoms with Gasteiger partial charge in [-0.05, 0) is 18.4 Å². The standard InChI is InChI=1S/C17H20OS/c18-16(11-10-13-6-2-1-3-7-13)15-12-19-17-9-5-4-8-14(15)17/h4-5,8-9,12-13H,1-3,6-7,10-11H2. The lowest BCUT2D eigenvalue weighted by atomic mass is 9.85. The zero-order valence-corrected chi connectivity index (χ0v) is 12.0. The first kappa shape index (κ1) is 12.9. The second-order valence-corrected chi connectivity index (χ2v) is 6.52. The Hall–Kier alpha value is -1.15. The molecule has 0 unspecified atom stereocenters. The predicted octanol–water partition coefficient (Wildman–Crippen LogP) is 5.44. The fraction of sp³-hybridized carbons (Fsp3) is 0.471. The Bertz CT molecular complexity index is 563. The summed E-state index contributed by atoms with van der Waals surface area (Å²) in [6, 6.07) is 8.22. The molecule has 1 heterocycles. The molecule has 2 heteroatoms. The Morgan fingerprint density at radius 3 is 2.79 bits per heavy atom. The van der Waals surface area contributed by atoms with Crippen molar-refractivity contribution in [3.05, 3.63) is 35.2 Å². The summed E-state index contributed by atoms with van der Waals surface area (Å²) in [7, 11) is 0. The first-order chi connectivity index (χ1) is 9.34. The molecule has 0 atom stereocenters. The molecule has 0 amide bonds. The zero-order valence-electron chi connectivity index (χ0n) is 11.2. The normalized spacial score (nSPS) is 16.8. The molecule has 0 radical (unpaired) electrons. The second kappa shape index (κ2) is 5.87. The summed E-state index contributed by atoms with van der Waals surface area (Å²) < 4.78 is 1.23. The van der Waals surface area contributed by atoms with Gasteiger partial charge in [0, 0.05) is 27.5 Å². The van der Waals surface area contributed by atoms with Crippen LogP contribution in [0, 0.1) is 5.92 Å². The maximum atomic E-state index is 12.4. The van der Waals surface area contributed by atoms with Gasteiger partial charge < -0.3 is 0 Å². The Labute approximate surface area is 118 Å². The summed E-state index contributed by atoms with van der Waals surface area (Å²) in [5, 5.41) is 3.18. The number of rotatable bonds is 4. The van der Waals surface area contributed by atoms with E-state index in [1.165, 1.54) is 36.8 Å². The molecule has 0 aliphatic heterocycles. The fourth-order valence-corrected chi connectivity index (χ4v) is 4.10. The topological polar surface area (TPSA) is 17.1 Å². The first-order valence-electron chi connectivity index (χ1n) is 7.34. The van der Waals surface area contributed by atoms with Gasteiger partial charge in [0.05, 0.1) is 0 Å². The molecule has 3 rings (SSSR count). The molecule has 1 aliphatic carbocycles. The van der Waals surface area contributed by atoms with E-state index in [0.717, 1.165) is 29.7 Å². The lowest BCUT2D eigenvalue weighted by Crippen LogP contribution is -2.09.